The molecule has 1 N–H and O–H groups in total. The first-order valence-electron chi connectivity index (χ1n) is 10.4. The third-order valence-electron chi connectivity index (χ3n) is 5.92. The van der Waals surface area contributed by atoms with Gasteiger partial charge in [0.05, 0.1) is 27.5 Å². The van der Waals surface area contributed by atoms with Gasteiger partial charge in [-0.05, 0) is 43.1 Å². The fourth-order valence-corrected chi connectivity index (χ4v) is 4.48. The normalized spacial score (nSPS) is 16.8. The van der Waals surface area contributed by atoms with E-state index in [1.165, 1.54) is 5.69 Å². The van der Waals surface area contributed by atoms with Crippen LogP contribution in [-0.4, -0.2) is 49.5 Å². The Kier molecular flexibility index (Phi) is 6.68. The summed E-state index contributed by atoms with van der Waals surface area (Å²) in [6.07, 6.45) is 4.16. The lowest BCUT2D eigenvalue weighted by Crippen LogP contribution is -2.34. The molecule has 2 heterocycles. The van der Waals surface area contributed by atoms with Crippen molar-refractivity contribution in [2.75, 3.05) is 34.4 Å². The summed E-state index contributed by atoms with van der Waals surface area (Å²) in [6, 6.07) is 11.8. The lowest BCUT2D eigenvalue weighted by molar-refractivity contribution is 0.196. The zero-order valence-electron chi connectivity index (χ0n) is 18.2. The van der Waals surface area contributed by atoms with Crippen molar-refractivity contribution in [2.45, 2.75) is 25.3 Å². The van der Waals surface area contributed by atoms with Crippen LogP contribution in [0.25, 0.3) is 11.1 Å². The van der Waals surface area contributed by atoms with Crippen LogP contribution < -0.4 is 14.2 Å². The zero-order valence-corrected chi connectivity index (χ0v) is 18.9. The lowest BCUT2D eigenvalue weighted by atomic mass is 9.90. The molecule has 1 aliphatic rings. The van der Waals surface area contributed by atoms with E-state index in [1.54, 1.807) is 21.3 Å². The van der Waals surface area contributed by atoms with Crippen LogP contribution >= 0.6 is 11.6 Å². The van der Waals surface area contributed by atoms with E-state index in [0.29, 0.717) is 17.4 Å². The zero-order chi connectivity index (χ0) is 21.8. The number of aromatic amines is 1. The average Bonchev–Trinajstić information content (AvgIpc) is 3.29. The van der Waals surface area contributed by atoms with Crippen LogP contribution in [0.15, 0.2) is 42.6 Å². The van der Waals surface area contributed by atoms with Crippen molar-refractivity contribution >= 4 is 11.6 Å². The molecule has 2 aromatic carbocycles. The van der Waals surface area contributed by atoms with Crippen molar-refractivity contribution in [3.8, 4) is 28.4 Å². The largest absolute Gasteiger partial charge is 0.496 e. The van der Waals surface area contributed by atoms with Crippen LogP contribution in [0.1, 0.15) is 30.0 Å². The molecule has 0 spiro atoms. The van der Waals surface area contributed by atoms with Gasteiger partial charge in [0.1, 0.15) is 5.75 Å². The van der Waals surface area contributed by atoms with Gasteiger partial charge in [0.25, 0.3) is 0 Å². The molecule has 164 valence electrons. The number of likely N-dealkylation sites (tertiary alicyclic amines) is 1. The van der Waals surface area contributed by atoms with E-state index in [1.807, 2.05) is 42.6 Å². The Morgan fingerprint density at radius 3 is 2.45 bits per heavy atom. The van der Waals surface area contributed by atoms with Crippen LogP contribution in [0.4, 0.5) is 0 Å². The number of rotatable bonds is 7. The summed E-state index contributed by atoms with van der Waals surface area (Å²) in [4.78, 5) is 2.46. The molecule has 4 rings (SSSR count). The van der Waals surface area contributed by atoms with Crippen LogP contribution in [0.3, 0.4) is 0 Å². The van der Waals surface area contributed by atoms with Gasteiger partial charge in [-0.2, -0.15) is 5.10 Å². The molecule has 1 saturated heterocycles. The van der Waals surface area contributed by atoms with Gasteiger partial charge in [-0.25, -0.2) is 0 Å². The summed E-state index contributed by atoms with van der Waals surface area (Å²) in [5.74, 6) is 2.58. The second-order valence-corrected chi connectivity index (χ2v) is 8.23. The molecule has 0 radical (unpaired) electrons. The standard InChI is InChI=1S/C24H28ClN3O3/c1-29-21-12-23(31-3)22(30-2)11-18(21)15-28-10-4-5-17(14-28)24-20(13-26-27-24)16-6-8-19(25)9-7-16/h6-9,11-13,17H,4-5,10,14-15H2,1-3H3,(H,26,27). The Labute approximate surface area is 188 Å². The smallest absolute Gasteiger partial charge is 0.164 e. The Hall–Kier alpha value is -2.70. The molecule has 0 saturated carbocycles. The highest BCUT2D eigenvalue weighted by atomic mass is 35.5. The molecular formula is C24H28ClN3O3. The molecule has 1 aliphatic heterocycles. The van der Waals surface area contributed by atoms with E-state index in [-0.39, 0.29) is 0 Å². The van der Waals surface area contributed by atoms with Gasteiger partial charge >= 0.3 is 0 Å². The Bertz CT molecular complexity index is 1020. The third kappa shape index (κ3) is 4.65. The highest BCUT2D eigenvalue weighted by molar-refractivity contribution is 6.30. The Morgan fingerprint density at radius 2 is 1.74 bits per heavy atom. The minimum atomic E-state index is 0.382. The third-order valence-corrected chi connectivity index (χ3v) is 6.17. The van der Waals surface area contributed by atoms with Crippen molar-refractivity contribution in [1.82, 2.24) is 15.1 Å². The molecule has 0 aliphatic carbocycles. The summed E-state index contributed by atoms with van der Waals surface area (Å²) in [5, 5.41) is 8.34. The summed E-state index contributed by atoms with van der Waals surface area (Å²) in [6.45, 7) is 2.77. The number of piperidine rings is 1. The maximum absolute atomic E-state index is 6.07. The first-order valence-corrected chi connectivity index (χ1v) is 10.8. The highest BCUT2D eigenvalue weighted by Gasteiger charge is 2.26. The highest BCUT2D eigenvalue weighted by Crippen LogP contribution is 2.37. The average molecular weight is 442 g/mol. The van der Waals surface area contributed by atoms with Crippen molar-refractivity contribution in [1.29, 1.82) is 0 Å². The van der Waals surface area contributed by atoms with E-state index in [2.05, 4.69) is 15.1 Å². The van der Waals surface area contributed by atoms with Gasteiger partial charge in [0.15, 0.2) is 11.5 Å². The monoisotopic (exact) mass is 441 g/mol. The number of nitrogens with one attached hydrogen (secondary N) is 1. The number of nitrogens with zero attached hydrogens (tertiary/aromatic N) is 2. The summed E-state index contributed by atoms with van der Waals surface area (Å²) in [7, 11) is 4.98. The number of ether oxygens (including phenoxy) is 3. The van der Waals surface area contributed by atoms with Crippen LogP contribution in [0, 0.1) is 0 Å². The topological polar surface area (TPSA) is 59.6 Å². The molecule has 1 fully saturated rings. The minimum Gasteiger partial charge on any atom is -0.496 e. The second kappa shape index (κ2) is 9.62. The van der Waals surface area contributed by atoms with Gasteiger partial charge in [-0.1, -0.05) is 23.7 Å². The van der Waals surface area contributed by atoms with Gasteiger partial charge in [-0.15, -0.1) is 0 Å². The molecule has 1 atom stereocenters. The number of hydrogen-bond donors (Lipinski definition) is 1. The molecule has 7 heteroatoms. The predicted octanol–water partition coefficient (Wildman–Crippen LogP) is 5.14. The lowest BCUT2D eigenvalue weighted by Gasteiger charge is -2.33. The first-order chi connectivity index (χ1) is 15.1. The van der Waals surface area contributed by atoms with Gasteiger partial charge in [0, 0.05) is 46.9 Å². The number of halogens is 1. The van der Waals surface area contributed by atoms with Crippen LogP contribution in [0.5, 0.6) is 17.2 Å². The fourth-order valence-electron chi connectivity index (χ4n) is 4.36. The maximum atomic E-state index is 6.07. The number of hydrogen-bond acceptors (Lipinski definition) is 5. The molecule has 31 heavy (non-hydrogen) atoms. The van der Waals surface area contributed by atoms with Gasteiger partial charge < -0.3 is 14.2 Å². The van der Waals surface area contributed by atoms with Crippen molar-refractivity contribution in [3.05, 3.63) is 58.9 Å². The van der Waals surface area contributed by atoms with Crippen LogP contribution in [0.2, 0.25) is 5.02 Å². The molecule has 0 amide bonds. The molecule has 3 aromatic rings. The number of aromatic nitrogens is 2. The fraction of sp³-hybridized carbons (Fsp3) is 0.375. The quantitative estimate of drug-likeness (QED) is 0.550. The van der Waals surface area contributed by atoms with Crippen LogP contribution in [-0.2, 0) is 6.54 Å². The summed E-state index contributed by atoms with van der Waals surface area (Å²) < 4.78 is 16.5. The predicted molar refractivity (Wildman–Crippen MR) is 122 cm³/mol. The van der Waals surface area contributed by atoms with Crippen molar-refractivity contribution in [3.63, 3.8) is 0 Å². The van der Waals surface area contributed by atoms with E-state index >= 15 is 0 Å². The van der Waals surface area contributed by atoms with Gasteiger partial charge in [-0.3, -0.25) is 10.00 Å². The maximum Gasteiger partial charge on any atom is 0.164 e. The number of H-pyrrole nitrogens is 1. The molecular weight excluding hydrogens is 414 g/mol. The minimum absolute atomic E-state index is 0.382. The Balaban J connectivity index is 1.54. The molecule has 0 bridgehead atoms. The van der Waals surface area contributed by atoms with E-state index in [4.69, 9.17) is 25.8 Å². The first kappa shape index (κ1) is 21.5. The molecule has 1 unspecified atom stereocenters. The van der Waals surface area contributed by atoms with Gasteiger partial charge in [0.2, 0.25) is 0 Å². The molecule has 6 nitrogen and oxygen atoms in total. The van der Waals surface area contributed by atoms with Crippen molar-refractivity contribution < 1.29 is 14.2 Å². The summed E-state index contributed by atoms with van der Waals surface area (Å²) in [5.41, 5.74) is 4.55. The van der Waals surface area contributed by atoms with E-state index < -0.39 is 0 Å². The molecule has 1 aromatic heterocycles. The van der Waals surface area contributed by atoms with E-state index in [9.17, 15) is 0 Å². The summed E-state index contributed by atoms with van der Waals surface area (Å²) >= 11 is 6.07. The van der Waals surface area contributed by atoms with Crippen molar-refractivity contribution in [2.24, 2.45) is 0 Å². The van der Waals surface area contributed by atoms with E-state index in [0.717, 1.165) is 59.9 Å². The second-order valence-electron chi connectivity index (χ2n) is 7.80. The number of methoxy groups -OCH3 is 3. The number of benzene rings is 2. The SMILES string of the molecule is COc1cc(OC)c(OC)cc1CN1CCCC(c2[nH]ncc2-c2ccc(Cl)cc2)C1. The Morgan fingerprint density at radius 1 is 1.03 bits per heavy atom.